The van der Waals surface area contributed by atoms with E-state index in [2.05, 4.69) is 10.2 Å². The molecule has 0 bridgehead atoms. The highest BCUT2D eigenvalue weighted by atomic mass is 35.5. The monoisotopic (exact) mass is 494 g/mol. The summed E-state index contributed by atoms with van der Waals surface area (Å²) in [4.78, 5) is 29.5. The average molecular weight is 495 g/mol. The zero-order valence-electron chi connectivity index (χ0n) is 18.7. The molecule has 1 heterocycles. The fourth-order valence-corrected chi connectivity index (χ4v) is 4.65. The van der Waals surface area contributed by atoms with Gasteiger partial charge in [0, 0.05) is 43.8 Å². The summed E-state index contributed by atoms with van der Waals surface area (Å²) in [5.74, 6) is -0.345. The van der Waals surface area contributed by atoms with Gasteiger partial charge in [0.1, 0.15) is 5.75 Å². The standard InChI is InChI=1S/C22H27ClN4O5S/c1-25-10-12-27(13-11-25)22(29)16-4-9-20(32-3)19(14-16)24-21(28)15-26(2)33(30,31)18-7-5-17(23)6-8-18/h4-9,14H,10-13,15H2,1-3H3,(H,24,28). The molecule has 0 atom stereocenters. The van der Waals surface area contributed by atoms with Crippen LogP contribution in [-0.4, -0.2) is 88.3 Å². The van der Waals surface area contributed by atoms with E-state index in [4.69, 9.17) is 16.3 Å². The van der Waals surface area contributed by atoms with Gasteiger partial charge in [-0.05, 0) is 49.5 Å². The number of sulfonamides is 1. The van der Waals surface area contributed by atoms with Crippen LogP contribution in [0, 0.1) is 0 Å². The Hall–Kier alpha value is -2.66. The number of anilines is 1. The lowest BCUT2D eigenvalue weighted by Crippen LogP contribution is -2.47. The maximum absolute atomic E-state index is 12.9. The largest absolute Gasteiger partial charge is 0.495 e. The fraction of sp³-hybridized carbons (Fsp3) is 0.364. The van der Waals surface area contributed by atoms with Crippen LogP contribution in [0.1, 0.15) is 10.4 Å². The highest BCUT2D eigenvalue weighted by Crippen LogP contribution is 2.26. The third-order valence-electron chi connectivity index (χ3n) is 5.40. The molecule has 1 aliphatic rings. The van der Waals surface area contributed by atoms with Crippen LogP contribution in [0.2, 0.25) is 5.02 Å². The highest BCUT2D eigenvalue weighted by Gasteiger charge is 2.24. The van der Waals surface area contributed by atoms with Gasteiger partial charge in [0.05, 0.1) is 24.2 Å². The lowest BCUT2D eigenvalue weighted by molar-refractivity contribution is -0.116. The Morgan fingerprint density at radius 1 is 1.09 bits per heavy atom. The Balaban J connectivity index is 1.72. The second-order valence-corrected chi connectivity index (χ2v) is 10.3. The van der Waals surface area contributed by atoms with Crippen LogP contribution in [0.3, 0.4) is 0 Å². The first-order valence-electron chi connectivity index (χ1n) is 10.3. The number of nitrogens with one attached hydrogen (secondary N) is 1. The molecule has 0 aliphatic carbocycles. The van der Waals surface area contributed by atoms with E-state index in [1.807, 2.05) is 7.05 Å². The van der Waals surface area contributed by atoms with Crippen LogP contribution in [0.25, 0.3) is 0 Å². The minimum Gasteiger partial charge on any atom is -0.495 e. The van der Waals surface area contributed by atoms with E-state index in [0.717, 1.165) is 17.4 Å². The Kier molecular flexibility index (Phi) is 7.96. The molecule has 0 saturated carbocycles. The highest BCUT2D eigenvalue weighted by molar-refractivity contribution is 7.89. The van der Waals surface area contributed by atoms with Crippen molar-refractivity contribution in [2.45, 2.75) is 4.90 Å². The van der Waals surface area contributed by atoms with E-state index in [-0.39, 0.29) is 10.8 Å². The van der Waals surface area contributed by atoms with E-state index in [9.17, 15) is 18.0 Å². The van der Waals surface area contributed by atoms with Crippen LogP contribution < -0.4 is 10.1 Å². The van der Waals surface area contributed by atoms with Crippen molar-refractivity contribution in [2.24, 2.45) is 0 Å². The number of hydrogen-bond donors (Lipinski definition) is 1. The van der Waals surface area contributed by atoms with Crippen molar-refractivity contribution in [1.29, 1.82) is 0 Å². The summed E-state index contributed by atoms with van der Waals surface area (Å²) < 4.78 is 31.7. The van der Waals surface area contributed by atoms with Gasteiger partial charge >= 0.3 is 0 Å². The van der Waals surface area contributed by atoms with Gasteiger partial charge < -0.3 is 19.9 Å². The molecule has 1 aliphatic heterocycles. The van der Waals surface area contributed by atoms with E-state index in [1.165, 1.54) is 38.4 Å². The second-order valence-electron chi connectivity index (χ2n) is 7.77. The van der Waals surface area contributed by atoms with Crippen LogP contribution >= 0.6 is 11.6 Å². The lowest BCUT2D eigenvalue weighted by atomic mass is 10.1. The fourth-order valence-electron chi connectivity index (χ4n) is 3.39. The molecule has 0 spiro atoms. The molecule has 2 amide bonds. The normalized spacial score (nSPS) is 14.9. The number of rotatable bonds is 7. The predicted octanol–water partition coefficient (Wildman–Crippen LogP) is 2.00. The van der Waals surface area contributed by atoms with Crippen molar-refractivity contribution in [3.05, 3.63) is 53.1 Å². The number of amides is 2. The first-order chi connectivity index (χ1) is 15.6. The molecule has 0 unspecified atom stereocenters. The minimum atomic E-state index is -3.88. The molecule has 33 heavy (non-hydrogen) atoms. The molecule has 11 heteroatoms. The van der Waals surface area contributed by atoms with Crippen molar-refractivity contribution in [2.75, 3.05) is 59.2 Å². The van der Waals surface area contributed by atoms with E-state index >= 15 is 0 Å². The number of methoxy groups -OCH3 is 1. The van der Waals surface area contributed by atoms with Crippen LogP contribution in [0.4, 0.5) is 5.69 Å². The number of hydrogen-bond acceptors (Lipinski definition) is 6. The number of ether oxygens (including phenoxy) is 1. The quantitative estimate of drug-likeness (QED) is 0.632. The summed E-state index contributed by atoms with van der Waals surface area (Å²) in [6.45, 7) is 2.40. The first kappa shape index (κ1) is 25.0. The number of likely N-dealkylation sites (N-methyl/N-ethyl adjacent to an activating group) is 2. The molecule has 1 N–H and O–H groups in total. The molecule has 1 fully saturated rings. The van der Waals surface area contributed by atoms with Crippen molar-refractivity contribution in [3.63, 3.8) is 0 Å². The topological polar surface area (TPSA) is 99.3 Å². The van der Waals surface area contributed by atoms with Gasteiger partial charge in [0.25, 0.3) is 5.91 Å². The van der Waals surface area contributed by atoms with Gasteiger partial charge in [-0.2, -0.15) is 4.31 Å². The minimum absolute atomic E-state index is 0.0274. The maximum Gasteiger partial charge on any atom is 0.254 e. The van der Waals surface area contributed by atoms with Gasteiger partial charge in [-0.25, -0.2) is 8.42 Å². The van der Waals surface area contributed by atoms with E-state index in [1.54, 1.807) is 23.1 Å². The molecule has 178 valence electrons. The van der Waals surface area contributed by atoms with Gasteiger partial charge in [0.2, 0.25) is 15.9 Å². The van der Waals surface area contributed by atoms with Crippen LogP contribution in [0.5, 0.6) is 5.75 Å². The van der Waals surface area contributed by atoms with Gasteiger partial charge in [-0.1, -0.05) is 11.6 Å². The molecule has 3 rings (SSSR count). The number of benzene rings is 2. The smallest absolute Gasteiger partial charge is 0.254 e. The Labute approximate surface area is 198 Å². The molecular formula is C22H27ClN4O5S. The van der Waals surface area contributed by atoms with Crippen molar-refractivity contribution in [1.82, 2.24) is 14.1 Å². The van der Waals surface area contributed by atoms with Crippen LogP contribution in [0.15, 0.2) is 47.4 Å². The number of nitrogens with zero attached hydrogens (tertiary/aromatic N) is 3. The summed E-state index contributed by atoms with van der Waals surface area (Å²) >= 11 is 5.82. The maximum atomic E-state index is 12.9. The molecule has 0 aromatic heterocycles. The lowest BCUT2D eigenvalue weighted by Gasteiger charge is -2.32. The number of carbonyl (C=O) groups excluding carboxylic acids is 2. The summed E-state index contributed by atoms with van der Waals surface area (Å²) in [6.07, 6.45) is 0. The number of halogens is 1. The van der Waals surface area contributed by atoms with Crippen molar-refractivity contribution >= 4 is 39.1 Å². The molecule has 2 aromatic rings. The zero-order chi connectivity index (χ0) is 24.2. The molecule has 9 nitrogen and oxygen atoms in total. The SMILES string of the molecule is COc1ccc(C(=O)N2CCN(C)CC2)cc1NC(=O)CN(C)S(=O)(=O)c1ccc(Cl)cc1. The summed E-state index contributed by atoms with van der Waals surface area (Å²) in [5.41, 5.74) is 0.706. The third kappa shape index (κ3) is 6.02. The predicted molar refractivity (Wildman–Crippen MR) is 126 cm³/mol. The third-order valence-corrected chi connectivity index (χ3v) is 7.47. The van der Waals surface area contributed by atoms with Gasteiger partial charge in [-0.15, -0.1) is 0 Å². The first-order valence-corrected chi connectivity index (χ1v) is 12.1. The Bertz CT molecular complexity index is 1120. The van der Waals surface area contributed by atoms with Crippen molar-refractivity contribution in [3.8, 4) is 5.75 Å². The van der Waals surface area contributed by atoms with E-state index in [0.29, 0.717) is 35.1 Å². The zero-order valence-corrected chi connectivity index (χ0v) is 20.3. The molecule has 2 aromatic carbocycles. The molecular weight excluding hydrogens is 468 g/mol. The average Bonchev–Trinajstić information content (AvgIpc) is 2.79. The molecule has 1 saturated heterocycles. The van der Waals surface area contributed by atoms with Gasteiger partial charge in [0.15, 0.2) is 0 Å². The number of piperazine rings is 1. The van der Waals surface area contributed by atoms with E-state index < -0.39 is 22.5 Å². The number of carbonyl (C=O) groups is 2. The molecule has 0 radical (unpaired) electrons. The second kappa shape index (κ2) is 10.5. The Morgan fingerprint density at radius 3 is 2.33 bits per heavy atom. The van der Waals surface area contributed by atoms with Gasteiger partial charge in [-0.3, -0.25) is 9.59 Å². The summed E-state index contributed by atoms with van der Waals surface area (Å²) in [6, 6.07) is 10.5. The van der Waals surface area contributed by atoms with Crippen molar-refractivity contribution < 1.29 is 22.7 Å². The summed E-state index contributed by atoms with van der Waals surface area (Å²) in [5, 5.41) is 3.07. The Morgan fingerprint density at radius 2 is 1.73 bits per heavy atom. The van der Waals surface area contributed by atoms with Crippen LogP contribution in [-0.2, 0) is 14.8 Å². The summed E-state index contributed by atoms with van der Waals surface area (Å²) in [7, 11) is 0.887.